The maximum atomic E-state index is 12.5. The average Bonchev–Trinajstić information content (AvgIpc) is 3.36. The van der Waals surface area contributed by atoms with Gasteiger partial charge in [0.05, 0.1) is 11.4 Å². The number of anilines is 2. The Kier molecular flexibility index (Phi) is 6.40. The second-order valence-electron chi connectivity index (χ2n) is 6.81. The number of para-hydroxylation sites is 1. The lowest BCUT2D eigenvalue weighted by atomic mass is 10.3. The van der Waals surface area contributed by atoms with E-state index < -0.39 is 0 Å². The van der Waals surface area contributed by atoms with Crippen LogP contribution >= 0.6 is 11.3 Å². The van der Waals surface area contributed by atoms with Gasteiger partial charge in [0.2, 0.25) is 11.8 Å². The number of carbonyl (C=O) groups is 2. The first kappa shape index (κ1) is 19.3. The Morgan fingerprint density at radius 3 is 2.63 bits per heavy atom. The van der Waals surface area contributed by atoms with Gasteiger partial charge in [-0.1, -0.05) is 25.1 Å². The number of amides is 2. The van der Waals surface area contributed by atoms with Crippen LogP contribution in [-0.2, 0) is 9.59 Å². The van der Waals surface area contributed by atoms with Crippen LogP contribution in [0.5, 0.6) is 0 Å². The molecule has 1 fully saturated rings. The van der Waals surface area contributed by atoms with E-state index in [1.165, 1.54) is 31.1 Å². The third-order valence-corrected chi connectivity index (χ3v) is 5.25. The zero-order valence-corrected chi connectivity index (χ0v) is 16.6. The summed E-state index contributed by atoms with van der Waals surface area (Å²) in [5.41, 5.74) is 1.47. The molecule has 1 saturated carbocycles. The van der Waals surface area contributed by atoms with Crippen molar-refractivity contribution in [3.63, 3.8) is 0 Å². The van der Waals surface area contributed by atoms with E-state index in [0.29, 0.717) is 16.7 Å². The van der Waals surface area contributed by atoms with Crippen LogP contribution in [0.1, 0.15) is 38.8 Å². The zero-order valence-electron chi connectivity index (χ0n) is 15.8. The van der Waals surface area contributed by atoms with Crippen molar-refractivity contribution in [1.29, 1.82) is 0 Å². The van der Waals surface area contributed by atoms with E-state index in [1.54, 1.807) is 17.1 Å². The topological polar surface area (TPSA) is 53.5 Å². The number of hydrogen-bond acceptors (Lipinski definition) is 4. The molecule has 0 aliphatic heterocycles. The Hall–Kier alpha value is -2.47. The highest BCUT2D eigenvalue weighted by atomic mass is 32.1. The highest BCUT2D eigenvalue weighted by Gasteiger charge is 2.25. The Labute approximate surface area is 164 Å². The molecule has 0 saturated heterocycles. The number of benzene rings is 1. The molecule has 142 valence electrons. The fourth-order valence-corrected chi connectivity index (χ4v) is 3.75. The van der Waals surface area contributed by atoms with Gasteiger partial charge in [0.15, 0.2) is 5.13 Å². The summed E-state index contributed by atoms with van der Waals surface area (Å²) in [5.74, 6) is 0.611. The predicted molar refractivity (Wildman–Crippen MR) is 110 cm³/mol. The highest BCUT2D eigenvalue weighted by Crippen LogP contribution is 2.30. The summed E-state index contributed by atoms with van der Waals surface area (Å²) in [6, 6.07) is 9.44. The van der Waals surface area contributed by atoms with Crippen molar-refractivity contribution < 1.29 is 9.59 Å². The van der Waals surface area contributed by atoms with E-state index >= 15 is 0 Å². The van der Waals surface area contributed by atoms with Crippen LogP contribution in [0.3, 0.4) is 0 Å². The first-order chi connectivity index (χ1) is 13.1. The van der Waals surface area contributed by atoms with Crippen molar-refractivity contribution in [3.8, 4) is 0 Å². The van der Waals surface area contributed by atoms with Gasteiger partial charge in [0.25, 0.3) is 0 Å². The maximum absolute atomic E-state index is 12.5. The normalized spacial score (nSPS) is 13.7. The molecule has 0 atom stereocenters. The fraction of sp³-hybridized carbons (Fsp3) is 0.381. The summed E-state index contributed by atoms with van der Waals surface area (Å²) < 4.78 is 0. The van der Waals surface area contributed by atoms with Crippen molar-refractivity contribution >= 4 is 40.0 Å². The van der Waals surface area contributed by atoms with Crippen molar-refractivity contribution in [2.24, 2.45) is 5.92 Å². The Morgan fingerprint density at radius 1 is 1.26 bits per heavy atom. The Balaban J connectivity index is 1.71. The molecular formula is C21H25N3O2S. The van der Waals surface area contributed by atoms with E-state index in [2.05, 4.69) is 11.9 Å². The lowest BCUT2D eigenvalue weighted by molar-refractivity contribution is -0.126. The summed E-state index contributed by atoms with van der Waals surface area (Å²) in [4.78, 5) is 32.6. The van der Waals surface area contributed by atoms with Crippen molar-refractivity contribution in [2.45, 2.75) is 33.1 Å². The lowest BCUT2D eigenvalue weighted by Gasteiger charge is -2.20. The van der Waals surface area contributed by atoms with Gasteiger partial charge in [-0.3, -0.25) is 14.5 Å². The lowest BCUT2D eigenvalue weighted by Crippen LogP contribution is -2.32. The number of carbonyl (C=O) groups excluding carboxylic acids is 2. The van der Waals surface area contributed by atoms with Crippen molar-refractivity contribution in [1.82, 2.24) is 9.88 Å². The number of aromatic nitrogens is 1. The third-order valence-electron chi connectivity index (χ3n) is 4.41. The number of nitrogens with zero attached hydrogens (tertiary/aromatic N) is 3. The Bertz CT molecular complexity index is 812. The summed E-state index contributed by atoms with van der Waals surface area (Å²) in [6.07, 6.45) is 6.75. The smallest absolute Gasteiger partial charge is 0.246 e. The van der Waals surface area contributed by atoms with Crippen LogP contribution in [0.2, 0.25) is 0 Å². The van der Waals surface area contributed by atoms with Crippen molar-refractivity contribution in [3.05, 3.63) is 47.5 Å². The largest absolute Gasteiger partial charge is 0.339 e. The molecule has 1 aromatic heterocycles. The fourth-order valence-electron chi connectivity index (χ4n) is 2.90. The van der Waals surface area contributed by atoms with Gasteiger partial charge in [-0.25, -0.2) is 4.98 Å². The minimum absolute atomic E-state index is 0.0322. The summed E-state index contributed by atoms with van der Waals surface area (Å²) >= 11 is 1.39. The van der Waals surface area contributed by atoms with Gasteiger partial charge >= 0.3 is 0 Å². The van der Waals surface area contributed by atoms with Gasteiger partial charge in [-0.15, -0.1) is 11.3 Å². The monoisotopic (exact) mass is 383 g/mol. The summed E-state index contributed by atoms with van der Waals surface area (Å²) in [6.45, 7) is 5.25. The zero-order chi connectivity index (χ0) is 19.2. The van der Waals surface area contributed by atoms with Crippen LogP contribution in [0.25, 0.3) is 6.08 Å². The molecule has 2 aromatic rings. The molecule has 0 radical (unpaired) electrons. The second-order valence-corrected chi connectivity index (χ2v) is 7.64. The minimum atomic E-state index is -0.0966. The molecule has 3 rings (SSSR count). The van der Waals surface area contributed by atoms with E-state index in [4.69, 9.17) is 0 Å². The third kappa shape index (κ3) is 5.26. The molecule has 1 aromatic carbocycles. The molecule has 0 spiro atoms. The average molecular weight is 384 g/mol. The quantitative estimate of drug-likeness (QED) is 0.631. The molecule has 1 aliphatic rings. The molecule has 0 N–H and O–H groups in total. The van der Waals surface area contributed by atoms with E-state index in [0.717, 1.165) is 25.2 Å². The first-order valence-corrected chi connectivity index (χ1v) is 10.2. The van der Waals surface area contributed by atoms with Crippen LogP contribution in [0, 0.1) is 5.92 Å². The number of rotatable bonds is 8. The molecule has 1 aliphatic carbocycles. The van der Waals surface area contributed by atoms with E-state index in [9.17, 15) is 9.59 Å². The minimum Gasteiger partial charge on any atom is -0.339 e. The maximum Gasteiger partial charge on any atom is 0.246 e. The summed E-state index contributed by atoms with van der Waals surface area (Å²) in [5, 5.41) is 2.47. The SMILES string of the molecule is CCCN(CC1CC1)C(=O)/C=C/c1csc(N(C(C)=O)c2ccccc2)n1. The summed E-state index contributed by atoms with van der Waals surface area (Å²) in [7, 11) is 0. The highest BCUT2D eigenvalue weighted by molar-refractivity contribution is 7.14. The standard InChI is InChI=1S/C21H25N3O2S/c1-3-13-23(14-17-9-10-17)20(26)12-11-18-15-27-21(22-18)24(16(2)25)19-7-5-4-6-8-19/h4-8,11-12,15,17H,3,9-10,13-14H2,1-2H3/b12-11+. The predicted octanol–water partition coefficient (Wildman–Crippen LogP) is 4.49. The van der Waals surface area contributed by atoms with Crippen LogP contribution < -0.4 is 4.90 Å². The Morgan fingerprint density at radius 2 is 2.00 bits per heavy atom. The van der Waals surface area contributed by atoms with E-state index in [1.807, 2.05) is 40.6 Å². The molecule has 5 nitrogen and oxygen atoms in total. The van der Waals surface area contributed by atoms with Gasteiger partial charge < -0.3 is 4.90 Å². The second kappa shape index (κ2) is 8.95. The number of hydrogen-bond donors (Lipinski definition) is 0. The van der Waals surface area contributed by atoms with Gasteiger partial charge in [0.1, 0.15) is 0 Å². The molecule has 0 bridgehead atoms. The van der Waals surface area contributed by atoms with E-state index in [-0.39, 0.29) is 11.8 Å². The van der Waals surface area contributed by atoms with Gasteiger partial charge in [0, 0.05) is 31.5 Å². The number of thiazole rings is 1. The van der Waals surface area contributed by atoms with Gasteiger partial charge in [-0.2, -0.15) is 0 Å². The molecule has 6 heteroatoms. The first-order valence-electron chi connectivity index (χ1n) is 9.36. The molecule has 27 heavy (non-hydrogen) atoms. The molecule has 0 unspecified atom stereocenters. The van der Waals surface area contributed by atoms with Gasteiger partial charge in [-0.05, 0) is 43.4 Å². The molecule has 2 amide bonds. The van der Waals surface area contributed by atoms with Crippen LogP contribution in [0.15, 0.2) is 41.8 Å². The van der Waals surface area contributed by atoms with Crippen molar-refractivity contribution in [2.75, 3.05) is 18.0 Å². The van der Waals surface area contributed by atoms with Crippen LogP contribution in [-0.4, -0.2) is 34.8 Å². The van der Waals surface area contributed by atoms with Crippen LogP contribution in [0.4, 0.5) is 10.8 Å². The molecular weight excluding hydrogens is 358 g/mol. The molecule has 1 heterocycles.